The first-order chi connectivity index (χ1) is 13.1. The quantitative estimate of drug-likeness (QED) is 0.840. The summed E-state index contributed by atoms with van der Waals surface area (Å²) < 4.78 is 5.12. The first kappa shape index (κ1) is 18.9. The van der Waals surface area contributed by atoms with E-state index in [1.54, 1.807) is 31.4 Å². The van der Waals surface area contributed by atoms with Gasteiger partial charge in [0, 0.05) is 36.6 Å². The predicted octanol–water partition coefficient (Wildman–Crippen LogP) is 3.15. The number of carbonyl (C=O) groups is 1. The molecular formula is C21H24N4O2. The molecule has 3 rings (SSSR count). The molecule has 1 aromatic rings. The molecule has 6 nitrogen and oxygen atoms in total. The number of nitriles is 1. The average Bonchev–Trinajstić information content (AvgIpc) is 2.68. The number of piperidine rings is 1. The summed E-state index contributed by atoms with van der Waals surface area (Å²) in [6.45, 7) is 1.96. The Kier molecular flexibility index (Phi) is 6.05. The molecule has 1 aromatic carbocycles. The third-order valence-electron chi connectivity index (χ3n) is 4.95. The molecule has 2 aliphatic rings. The monoisotopic (exact) mass is 364 g/mol. The van der Waals surface area contributed by atoms with Crippen LogP contribution < -0.4 is 10.1 Å². The van der Waals surface area contributed by atoms with Gasteiger partial charge in [0.15, 0.2) is 0 Å². The number of carbonyl (C=O) groups excluding carboxylic acids is 1. The van der Waals surface area contributed by atoms with Crippen molar-refractivity contribution in [1.29, 1.82) is 10.7 Å². The van der Waals surface area contributed by atoms with E-state index in [9.17, 15) is 4.79 Å². The molecule has 27 heavy (non-hydrogen) atoms. The van der Waals surface area contributed by atoms with E-state index in [4.69, 9.17) is 15.4 Å². The number of likely N-dealkylation sites (tertiary alicyclic amines) is 1. The maximum atomic E-state index is 12.6. The Morgan fingerprint density at radius 1 is 1.41 bits per heavy atom. The molecule has 6 heteroatoms. The van der Waals surface area contributed by atoms with Gasteiger partial charge in [-0.05, 0) is 55.2 Å². The van der Waals surface area contributed by atoms with E-state index < -0.39 is 5.92 Å². The molecule has 1 saturated heterocycles. The van der Waals surface area contributed by atoms with Crippen molar-refractivity contribution in [1.82, 2.24) is 4.90 Å². The second-order valence-corrected chi connectivity index (χ2v) is 6.89. The minimum Gasteiger partial charge on any atom is -0.497 e. The van der Waals surface area contributed by atoms with Crippen molar-refractivity contribution in [3.63, 3.8) is 0 Å². The molecule has 1 heterocycles. The molecule has 1 unspecified atom stereocenters. The second kappa shape index (κ2) is 8.65. The van der Waals surface area contributed by atoms with Crippen molar-refractivity contribution in [2.45, 2.75) is 19.3 Å². The fourth-order valence-electron chi connectivity index (χ4n) is 3.47. The second-order valence-electron chi connectivity index (χ2n) is 6.89. The van der Waals surface area contributed by atoms with Crippen LogP contribution in [0.5, 0.6) is 5.75 Å². The highest BCUT2D eigenvalue weighted by Gasteiger charge is 2.30. The molecule has 0 bridgehead atoms. The number of nitrogens with one attached hydrogen (secondary N) is 2. The zero-order valence-corrected chi connectivity index (χ0v) is 15.5. The standard InChI is InChI=1S/C21H24N4O2/c1-27-18-7-5-17(6-8-18)24-21(26)19-9-10-25(14-20(19)23)13-16-4-2-3-15(11-16)12-22/h4-8,11,19,23H,2-3,9-10,13-14H2,1H3,(H,24,26). The zero-order valence-electron chi connectivity index (χ0n) is 15.5. The van der Waals surface area contributed by atoms with E-state index in [0.717, 1.165) is 42.8 Å². The van der Waals surface area contributed by atoms with E-state index >= 15 is 0 Å². The van der Waals surface area contributed by atoms with Gasteiger partial charge in [-0.25, -0.2) is 0 Å². The summed E-state index contributed by atoms with van der Waals surface area (Å²) in [5.41, 5.74) is 3.09. The summed E-state index contributed by atoms with van der Waals surface area (Å²) in [6, 6.07) is 9.41. The summed E-state index contributed by atoms with van der Waals surface area (Å²) in [5.74, 6) is 0.210. The molecule has 140 valence electrons. The number of benzene rings is 1. The number of amides is 1. The fraction of sp³-hybridized carbons (Fsp3) is 0.381. The van der Waals surface area contributed by atoms with Crippen LogP contribution >= 0.6 is 0 Å². The summed E-state index contributed by atoms with van der Waals surface area (Å²) in [6.07, 6.45) is 6.45. The van der Waals surface area contributed by atoms with Crippen LogP contribution in [0.3, 0.4) is 0 Å². The van der Waals surface area contributed by atoms with Crippen molar-refractivity contribution in [2.24, 2.45) is 5.92 Å². The third-order valence-corrected chi connectivity index (χ3v) is 4.95. The first-order valence-corrected chi connectivity index (χ1v) is 9.13. The minimum atomic E-state index is -0.395. The van der Waals surface area contributed by atoms with Gasteiger partial charge < -0.3 is 15.5 Å². The smallest absolute Gasteiger partial charge is 0.233 e. The van der Waals surface area contributed by atoms with Gasteiger partial charge in [-0.15, -0.1) is 0 Å². The van der Waals surface area contributed by atoms with Gasteiger partial charge in [0.2, 0.25) is 5.91 Å². The molecule has 1 aliphatic carbocycles. The van der Waals surface area contributed by atoms with Gasteiger partial charge in [0.25, 0.3) is 0 Å². The van der Waals surface area contributed by atoms with Crippen LogP contribution in [0.15, 0.2) is 47.6 Å². The maximum absolute atomic E-state index is 12.6. The highest BCUT2D eigenvalue weighted by molar-refractivity contribution is 6.09. The largest absolute Gasteiger partial charge is 0.497 e. The SMILES string of the molecule is COc1ccc(NC(=O)C2CCN(CC3=CCCC(C#N)=C3)CC2=N)cc1. The van der Waals surface area contributed by atoms with Gasteiger partial charge in [-0.3, -0.25) is 9.69 Å². The summed E-state index contributed by atoms with van der Waals surface area (Å²) in [7, 11) is 1.60. The van der Waals surface area contributed by atoms with Crippen LogP contribution in [0.25, 0.3) is 0 Å². The van der Waals surface area contributed by atoms with E-state index in [1.165, 1.54) is 0 Å². The van der Waals surface area contributed by atoms with E-state index in [0.29, 0.717) is 24.4 Å². The minimum absolute atomic E-state index is 0.131. The van der Waals surface area contributed by atoms with Crippen LogP contribution in [0.4, 0.5) is 5.69 Å². The van der Waals surface area contributed by atoms with Crippen molar-refractivity contribution in [2.75, 3.05) is 32.1 Å². The van der Waals surface area contributed by atoms with Gasteiger partial charge in [-0.1, -0.05) is 6.08 Å². The lowest BCUT2D eigenvalue weighted by atomic mass is 9.92. The summed E-state index contributed by atoms with van der Waals surface area (Å²) in [4.78, 5) is 14.7. The van der Waals surface area contributed by atoms with Crippen molar-refractivity contribution >= 4 is 17.3 Å². The molecule has 2 N–H and O–H groups in total. The molecule has 1 amide bonds. The number of hydrogen-bond acceptors (Lipinski definition) is 5. The lowest BCUT2D eigenvalue weighted by Gasteiger charge is -2.32. The van der Waals surface area contributed by atoms with Gasteiger partial charge in [0.05, 0.1) is 19.1 Å². The van der Waals surface area contributed by atoms with Crippen molar-refractivity contribution in [3.05, 3.63) is 47.6 Å². The van der Waals surface area contributed by atoms with Gasteiger partial charge in [0.1, 0.15) is 5.75 Å². The molecular weight excluding hydrogens is 340 g/mol. The average molecular weight is 364 g/mol. The third kappa shape index (κ3) is 4.83. The highest BCUT2D eigenvalue weighted by atomic mass is 16.5. The molecule has 0 aromatic heterocycles. The summed E-state index contributed by atoms with van der Waals surface area (Å²) in [5, 5.41) is 20.3. The number of allylic oxidation sites excluding steroid dienone is 2. The Morgan fingerprint density at radius 2 is 2.19 bits per heavy atom. The molecule has 1 aliphatic heterocycles. The molecule has 0 spiro atoms. The fourth-order valence-corrected chi connectivity index (χ4v) is 3.47. The van der Waals surface area contributed by atoms with Crippen molar-refractivity contribution < 1.29 is 9.53 Å². The maximum Gasteiger partial charge on any atom is 0.233 e. The van der Waals surface area contributed by atoms with E-state index in [-0.39, 0.29) is 5.91 Å². The van der Waals surface area contributed by atoms with Crippen LogP contribution in [-0.2, 0) is 4.79 Å². The van der Waals surface area contributed by atoms with E-state index in [1.807, 2.05) is 6.08 Å². The Labute approximate surface area is 159 Å². The lowest BCUT2D eigenvalue weighted by Crippen LogP contribution is -2.45. The van der Waals surface area contributed by atoms with Gasteiger partial charge in [-0.2, -0.15) is 5.26 Å². The number of methoxy groups -OCH3 is 1. The Morgan fingerprint density at radius 3 is 2.85 bits per heavy atom. The predicted molar refractivity (Wildman–Crippen MR) is 105 cm³/mol. The Hall–Kier alpha value is -2.91. The molecule has 1 atom stereocenters. The Balaban J connectivity index is 1.54. The van der Waals surface area contributed by atoms with E-state index in [2.05, 4.69) is 22.4 Å². The summed E-state index contributed by atoms with van der Waals surface area (Å²) >= 11 is 0. The Bertz CT molecular complexity index is 818. The van der Waals surface area contributed by atoms with Crippen molar-refractivity contribution in [3.8, 4) is 11.8 Å². The number of ether oxygens (including phenoxy) is 1. The number of anilines is 1. The first-order valence-electron chi connectivity index (χ1n) is 9.13. The molecule has 0 saturated carbocycles. The topological polar surface area (TPSA) is 89.2 Å². The van der Waals surface area contributed by atoms with Crippen LogP contribution in [0.1, 0.15) is 19.3 Å². The number of hydrogen-bond donors (Lipinski definition) is 2. The molecule has 1 fully saturated rings. The molecule has 0 radical (unpaired) electrons. The highest BCUT2D eigenvalue weighted by Crippen LogP contribution is 2.22. The number of rotatable bonds is 5. The van der Waals surface area contributed by atoms with Crippen LogP contribution in [0, 0.1) is 22.7 Å². The normalized spacial score (nSPS) is 20.3. The van der Waals surface area contributed by atoms with Crippen LogP contribution in [-0.4, -0.2) is 43.3 Å². The number of nitrogens with zero attached hydrogens (tertiary/aromatic N) is 2. The van der Waals surface area contributed by atoms with Crippen LogP contribution in [0.2, 0.25) is 0 Å². The zero-order chi connectivity index (χ0) is 19.2. The lowest BCUT2D eigenvalue weighted by molar-refractivity contribution is -0.118. The van der Waals surface area contributed by atoms with Gasteiger partial charge >= 0.3 is 0 Å².